The van der Waals surface area contributed by atoms with Gasteiger partial charge in [-0.05, 0) is 37.1 Å². The van der Waals surface area contributed by atoms with Gasteiger partial charge in [0.15, 0.2) is 0 Å². The van der Waals surface area contributed by atoms with E-state index in [0.29, 0.717) is 6.42 Å². The third-order valence-electron chi connectivity index (χ3n) is 2.65. The van der Waals surface area contributed by atoms with Gasteiger partial charge in [-0.1, -0.05) is 35.0 Å². The Bertz CT molecular complexity index is 365. The standard InChI is InChI=1S/C13H17BrF3N/c1-2-18-12(7-4-8-13(15,16)17)10-5-3-6-11(14)9-10/h3,5-6,9,12,18H,2,4,7-8H2,1H3. The molecule has 1 unspecified atom stereocenters. The number of alkyl halides is 3. The number of rotatable bonds is 6. The first-order valence-electron chi connectivity index (χ1n) is 5.98. The molecule has 102 valence electrons. The summed E-state index contributed by atoms with van der Waals surface area (Å²) < 4.78 is 37.3. The van der Waals surface area contributed by atoms with Crippen molar-refractivity contribution < 1.29 is 13.2 Å². The third-order valence-corrected chi connectivity index (χ3v) is 3.15. The summed E-state index contributed by atoms with van der Waals surface area (Å²) in [5.41, 5.74) is 1.02. The molecule has 0 saturated heterocycles. The highest BCUT2D eigenvalue weighted by molar-refractivity contribution is 9.10. The van der Waals surface area contributed by atoms with Crippen LogP contribution in [0.4, 0.5) is 13.2 Å². The Kier molecular flexibility index (Phi) is 6.15. The predicted octanol–water partition coefficient (Wildman–Crippen LogP) is 4.83. The Morgan fingerprint density at radius 3 is 2.61 bits per heavy atom. The SMILES string of the molecule is CCNC(CCCC(F)(F)F)c1cccc(Br)c1. The summed E-state index contributed by atoms with van der Waals surface area (Å²) in [6, 6.07) is 7.66. The van der Waals surface area contributed by atoms with E-state index in [2.05, 4.69) is 21.2 Å². The third kappa shape index (κ3) is 5.87. The van der Waals surface area contributed by atoms with Crippen molar-refractivity contribution in [1.29, 1.82) is 0 Å². The second kappa shape index (κ2) is 7.14. The van der Waals surface area contributed by atoms with E-state index in [9.17, 15) is 13.2 Å². The van der Waals surface area contributed by atoms with Crippen molar-refractivity contribution in [2.75, 3.05) is 6.54 Å². The molecule has 5 heteroatoms. The fraction of sp³-hybridized carbons (Fsp3) is 0.538. The number of halogens is 4. The Morgan fingerprint density at radius 2 is 2.06 bits per heavy atom. The molecule has 0 fully saturated rings. The first-order chi connectivity index (χ1) is 8.42. The van der Waals surface area contributed by atoms with E-state index >= 15 is 0 Å². The highest BCUT2D eigenvalue weighted by Gasteiger charge is 2.26. The van der Waals surface area contributed by atoms with E-state index in [4.69, 9.17) is 0 Å². The summed E-state index contributed by atoms with van der Waals surface area (Å²) in [6.07, 6.45) is -4.14. The van der Waals surface area contributed by atoms with Crippen molar-refractivity contribution in [1.82, 2.24) is 5.32 Å². The van der Waals surface area contributed by atoms with Crippen LogP contribution >= 0.6 is 15.9 Å². The summed E-state index contributed by atoms with van der Waals surface area (Å²) in [4.78, 5) is 0. The molecule has 0 saturated carbocycles. The largest absolute Gasteiger partial charge is 0.389 e. The van der Waals surface area contributed by atoms with Crippen LogP contribution in [0, 0.1) is 0 Å². The molecule has 0 aliphatic rings. The molecule has 0 heterocycles. The molecule has 0 bridgehead atoms. The molecule has 0 spiro atoms. The Morgan fingerprint density at radius 1 is 1.33 bits per heavy atom. The molecular weight excluding hydrogens is 307 g/mol. The molecule has 0 aliphatic heterocycles. The summed E-state index contributed by atoms with van der Waals surface area (Å²) in [5.74, 6) is 0. The van der Waals surface area contributed by atoms with Crippen LogP contribution in [0.3, 0.4) is 0 Å². The summed E-state index contributed by atoms with van der Waals surface area (Å²) in [5, 5.41) is 3.22. The average molecular weight is 324 g/mol. The van der Waals surface area contributed by atoms with Gasteiger partial charge in [0, 0.05) is 16.9 Å². The molecule has 1 N–H and O–H groups in total. The minimum absolute atomic E-state index is 0.0187. The van der Waals surface area contributed by atoms with Gasteiger partial charge in [0.25, 0.3) is 0 Å². The van der Waals surface area contributed by atoms with Crippen LogP contribution in [0.1, 0.15) is 37.8 Å². The highest BCUT2D eigenvalue weighted by atomic mass is 79.9. The summed E-state index contributed by atoms with van der Waals surface area (Å²) in [7, 11) is 0. The lowest BCUT2D eigenvalue weighted by molar-refractivity contribution is -0.135. The number of hydrogen-bond acceptors (Lipinski definition) is 1. The van der Waals surface area contributed by atoms with Crippen LogP contribution in [0.2, 0.25) is 0 Å². The van der Waals surface area contributed by atoms with Crippen molar-refractivity contribution >= 4 is 15.9 Å². The fourth-order valence-corrected chi connectivity index (χ4v) is 2.28. The normalized spacial score (nSPS) is 13.6. The van der Waals surface area contributed by atoms with Crippen LogP contribution in [0.25, 0.3) is 0 Å². The van der Waals surface area contributed by atoms with Gasteiger partial charge in [-0.3, -0.25) is 0 Å². The second-order valence-corrected chi connectivity index (χ2v) is 5.09. The fourth-order valence-electron chi connectivity index (χ4n) is 1.86. The van der Waals surface area contributed by atoms with E-state index in [1.54, 1.807) is 0 Å². The quantitative estimate of drug-likeness (QED) is 0.790. The smallest absolute Gasteiger partial charge is 0.310 e. The lowest BCUT2D eigenvalue weighted by Crippen LogP contribution is -2.21. The van der Waals surface area contributed by atoms with E-state index in [1.165, 1.54) is 0 Å². The molecule has 0 amide bonds. The van der Waals surface area contributed by atoms with Crippen LogP contribution in [-0.4, -0.2) is 12.7 Å². The molecule has 0 aromatic heterocycles. The zero-order valence-electron chi connectivity index (χ0n) is 10.2. The van der Waals surface area contributed by atoms with Crippen molar-refractivity contribution in [3.05, 3.63) is 34.3 Å². The Hall–Kier alpha value is -0.550. The molecule has 1 aromatic carbocycles. The molecule has 1 aromatic rings. The van der Waals surface area contributed by atoms with Crippen LogP contribution in [0.5, 0.6) is 0 Å². The number of hydrogen-bond donors (Lipinski definition) is 1. The van der Waals surface area contributed by atoms with Crippen LogP contribution < -0.4 is 5.32 Å². The molecular formula is C13H17BrF3N. The lowest BCUT2D eigenvalue weighted by atomic mass is 10.0. The van der Waals surface area contributed by atoms with Gasteiger partial charge in [0.2, 0.25) is 0 Å². The summed E-state index contributed by atoms with van der Waals surface area (Å²) >= 11 is 3.37. The Labute approximate surface area is 114 Å². The summed E-state index contributed by atoms with van der Waals surface area (Å²) in [6.45, 7) is 2.69. The molecule has 1 rings (SSSR count). The van der Waals surface area contributed by atoms with Crippen molar-refractivity contribution in [3.8, 4) is 0 Å². The molecule has 1 nitrogen and oxygen atoms in total. The number of nitrogens with one attached hydrogen (secondary N) is 1. The maximum atomic E-state index is 12.1. The first kappa shape index (κ1) is 15.5. The van der Waals surface area contributed by atoms with Gasteiger partial charge in [-0.15, -0.1) is 0 Å². The van der Waals surface area contributed by atoms with Gasteiger partial charge in [0.1, 0.15) is 0 Å². The second-order valence-electron chi connectivity index (χ2n) is 4.17. The predicted molar refractivity (Wildman–Crippen MR) is 70.5 cm³/mol. The maximum Gasteiger partial charge on any atom is 0.389 e. The van der Waals surface area contributed by atoms with E-state index in [-0.39, 0.29) is 12.5 Å². The van der Waals surface area contributed by atoms with Crippen molar-refractivity contribution in [2.45, 2.75) is 38.4 Å². The van der Waals surface area contributed by atoms with Crippen LogP contribution in [-0.2, 0) is 0 Å². The van der Waals surface area contributed by atoms with Gasteiger partial charge in [-0.2, -0.15) is 13.2 Å². The molecule has 18 heavy (non-hydrogen) atoms. The average Bonchev–Trinajstić information content (AvgIpc) is 2.26. The first-order valence-corrected chi connectivity index (χ1v) is 6.77. The van der Waals surface area contributed by atoms with Gasteiger partial charge < -0.3 is 5.32 Å². The van der Waals surface area contributed by atoms with Gasteiger partial charge >= 0.3 is 6.18 Å². The molecule has 0 radical (unpaired) electrons. The van der Waals surface area contributed by atoms with E-state index < -0.39 is 12.6 Å². The van der Waals surface area contributed by atoms with Crippen molar-refractivity contribution in [3.63, 3.8) is 0 Å². The lowest BCUT2D eigenvalue weighted by Gasteiger charge is -2.19. The van der Waals surface area contributed by atoms with Crippen LogP contribution in [0.15, 0.2) is 28.7 Å². The minimum atomic E-state index is -4.06. The van der Waals surface area contributed by atoms with E-state index in [1.807, 2.05) is 31.2 Å². The minimum Gasteiger partial charge on any atom is -0.310 e. The monoisotopic (exact) mass is 323 g/mol. The van der Waals surface area contributed by atoms with Gasteiger partial charge in [0.05, 0.1) is 0 Å². The van der Waals surface area contributed by atoms with E-state index in [0.717, 1.165) is 16.6 Å². The molecule has 0 aliphatic carbocycles. The van der Waals surface area contributed by atoms with Crippen molar-refractivity contribution in [2.24, 2.45) is 0 Å². The van der Waals surface area contributed by atoms with Gasteiger partial charge in [-0.25, -0.2) is 0 Å². The Balaban J connectivity index is 2.60. The zero-order chi connectivity index (χ0) is 13.6. The highest BCUT2D eigenvalue weighted by Crippen LogP contribution is 2.27. The number of benzene rings is 1. The molecule has 1 atom stereocenters. The maximum absolute atomic E-state index is 12.1. The zero-order valence-corrected chi connectivity index (χ0v) is 11.8. The topological polar surface area (TPSA) is 12.0 Å².